The molecule has 2 aromatic rings. The molecule has 0 unspecified atom stereocenters. The van der Waals surface area contributed by atoms with Crippen molar-refractivity contribution >= 4 is 23.6 Å². The van der Waals surface area contributed by atoms with Gasteiger partial charge in [-0.3, -0.25) is 9.59 Å². The molecule has 166 valence electrons. The second-order valence-electron chi connectivity index (χ2n) is 8.33. The molecule has 0 spiro atoms. The monoisotopic (exact) mass is 425 g/mol. The molecule has 0 fully saturated rings. The fraction of sp³-hybridized carbons (Fsp3) is 0.375. The van der Waals surface area contributed by atoms with E-state index >= 15 is 0 Å². The van der Waals surface area contributed by atoms with Gasteiger partial charge in [-0.15, -0.1) is 0 Å². The van der Waals surface area contributed by atoms with Gasteiger partial charge in [-0.2, -0.15) is 0 Å². The van der Waals surface area contributed by atoms with Gasteiger partial charge in [-0.25, -0.2) is 4.79 Å². The van der Waals surface area contributed by atoms with E-state index in [-0.39, 0.29) is 24.8 Å². The van der Waals surface area contributed by atoms with Crippen molar-refractivity contribution in [3.8, 4) is 0 Å². The highest BCUT2D eigenvalue weighted by Crippen LogP contribution is 2.15. The third-order valence-corrected chi connectivity index (χ3v) is 4.23. The van der Waals surface area contributed by atoms with Crippen LogP contribution in [0.4, 0.5) is 10.5 Å². The van der Waals surface area contributed by atoms with Crippen molar-refractivity contribution in [1.29, 1.82) is 0 Å². The summed E-state index contributed by atoms with van der Waals surface area (Å²) in [7, 11) is 0. The Hall–Kier alpha value is -3.35. The normalized spacial score (nSPS) is 10.8. The molecule has 0 radical (unpaired) electrons. The molecular weight excluding hydrogens is 394 g/mol. The highest BCUT2D eigenvalue weighted by atomic mass is 16.6. The molecule has 0 aliphatic heterocycles. The molecule has 2 rings (SSSR count). The number of carbonyl (C=O) groups excluding carboxylic acids is 3. The van der Waals surface area contributed by atoms with Crippen LogP contribution in [0.5, 0.6) is 0 Å². The number of benzene rings is 2. The summed E-state index contributed by atoms with van der Waals surface area (Å²) in [5.41, 5.74) is 2.90. The van der Waals surface area contributed by atoms with Gasteiger partial charge in [0.2, 0.25) is 11.8 Å². The van der Waals surface area contributed by atoms with Gasteiger partial charge < -0.3 is 20.7 Å². The van der Waals surface area contributed by atoms with Crippen LogP contribution in [-0.4, -0.2) is 30.1 Å². The van der Waals surface area contributed by atoms with E-state index in [1.165, 1.54) is 0 Å². The first-order valence-electron chi connectivity index (χ1n) is 10.3. The molecule has 3 N–H and O–H groups in total. The lowest BCUT2D eigenvalue weighted by Gasteiger charge is -2.19. The van der Waals surface area contributed by atoms with E-state index in [1.807, 2.05) is 49.4 Å². The van der Waals surface area contributed by atoms with E-state index in [2.05, 4.69) is 16.0 Å². The molecule has 0 atom stereocenters. The fourth-order valence-electron chi connectivity index (χ4n) is 2.87. The minimum atomic E-state index is -0.588. The SMILES string of the molecule is Cc1cccc(CC(=O)NCc2ccccc2NC(=O)CCNC(=O)OC(C)(C)C)c1. The average molecular weight is 426 g/mol. The molecule has 3 amide bonds. The number of hydrogen-bond donors (Lipinski definition) is 3. The maximum atomic E-state index is 12.3. The first-order chi connectivity index (χ1) is 14.6. The second kappa shape index (κ2) is 11.2. The van der Waals surface area contributed by atoms with Gasteiger partial charge in [-0.05, 0) is 44.9 Å². The van der Waals surface area contributed by atoms with Crippen LogP contribution in [0.25, 0.3) is 0 Å². The van der Waals surface area contributed by atoms with E-state index in [9.17, 15) is 14.4 Å². The molecule has 0 saturated carbocycles. The molecule has 2 aromatic carbocycles. The van der Waals surface area contributed by atoms with Crippen LogP contribution in [-0.2, 0) is 27.3 Å². The number of aryl methyl sites for hydroxylation is 1. The van der Waals surface area contributed by atoms with E-state index in [1.54, 1.807) is 26.8 Å². The smallest absolute Gasteiger partial charge is 0.407 e. The maximum Gasteiger partial charge on any atom is 0.407 e. The fourth-order valence-corrected chi connectivity index (χ4v) is 2.87. The minimum Gasteiger partial charge on any atom is -0.444 e. The van der Waals surface area contributed by atoms with E-state index < -0.39 is 11.7 Å². The van der Waals surface area contributed by atoms with Crippen LogP contribution >= 0.6 is 0 Å². The zero-order chi connectivity index (χ0) is 22.9. The molecule has 0 saturated heterocycles. The first kappa shape index (κ1) is 23.9. The summed E-state index contributed by atoms with van der Waals surface area (Å²) in [5, 5.41) is 8.29. The standard InChI is InChI=1S/C24H31N3O4/c1-17-8-7-9-18(14-17)15-22(29)26-16-19-10-5-6-11-20(19)27-21(28)12-13-25-23(30)31-24(2,3)4/h5-11,14H,12-13,15-16H2,1-4H3,(H,25,30)(H,26,29)(H,27,28). The van der Waals surface area contributed by atoms with Gasteiger partial charge in [0.15, 0.2) is 0 Å². The van der Waals surface area contributed by atoms with Crippen LogP contribution < -0.4 is 16.0 Å². The number of alkyl carbamates (subject to hydrolysis) is 1. The van der Waals surface area contributed by atoms with Crippen molar-refractivity contribution < 1.29 is 19.1 Å². The number of hydrogen-bond acceptors (Lipinski definition) is 4. The van der Waals surface area contributed by atoms with Gasteiger partial charge in [-0.1, -0.05) is 48.0 Å². The summed E-state index contributed by atoms with van der Waals surface area (Å²) in [4.78, 5) is 36.2. The Morgan fingerprint density at radius 2 is 1.68 bits per heavy atom. The topological polar surface area (TPSA) is 96.5 Å². The Labute approximate surface area is 183 Å². The minimum absolute atomic E-state index is 0.0895. The molecule has 0 aromatic heterocycles. The van der Waals surface area contributed by atoms with Crippen molar-refractivity contribution in [2.45, 2.75) is 52.7 Å². The quantitative estimate of drug-likeness (QED) is 0.601. The lowest BCUT2D eigenvalue weighted by Crippen LogP contribution is -2.34. The van der Waals surface area contributed by atoms with Gasteiger partial charge >= 0.3 is 6.09 Å². The molecule has 0 aliphatic rings. The molecule has 31 heavy (non-hydrogen) atoms. The van der Waals surface area contributed by atoms with Crippen molar-refractivity contribution in [2.75, 3.05) is 11.9 Å². The zero-order valence-corrected chi connectivity index (χ0v) is 18.6. The Balaban J connectivity index is 1.82. The van der Waals surface area contributed by atoms with E-state index in [4.69, 9.17) is 4.74 Å². The molecule has 0 aliphatic carbocycles. The lowest BCUT2D eigenvalue weighted by molar-refractivity contribution is -0.120. The third kappa shape index (κ3) is 9.33. The Kier molecular flexibility index (Phi) is 8.61. The summed E-state index contributed by atoms with van der Waals surface area (Å²) in [6, 6.07) is 15.1. The molecular formula is C24H31N3O4. The lowest BCUT2D eigenvalue weighted by atomic mass is 10.1. The van der Waals surface area contributed by atoms with Gasteiger partial charge in [0, 0.05) is 25.2 Å². The number of ether oxygens (including phenoxy) is 1. The second-order valence-corrected chi connectivity index (χ2v) is 8.33. The van der Waals surface area contributed by atoms with Crippen LogP contribution in [0.15, 0.2) is 48.5 Å². The predicted molar refractivity (Wildman–Crippen MR) is 121 cm³/mol. The number of para-hydroxylation sites is 1. The number of amides is 3. The first-order valence-corrected chi connectivity index (χ1v) is 10.3. The highest BCUT2D eigenvalue weighted by molar-refractivity contribution is 5.92. The predicted octanol–water partition coefficient (Wildman–Crippen LogP) is 3.71. The maximum absolute atomic E-state index is 12.3. The number of carbonyl (C=O) groups is 3. The summed E-state index contributed by atoms with van der Waals surface area (Å²) in [5.74, 6) is -0.331. The number of rotatable bonds is 8. The van der Waals surface area contributed by atoms with Crippen molar-refractivity contribution in [3.63, 3.8) is 0 Å². The van der Waals surface area contributed by atoms with E-state index in [0.717, 1.165) is 16.7 Å². The van der Waals surface area contributed by atoms with Gasteiger partial charge in [0.05, 0.1) is 6.42 Å². The molecule has 0 heterocycles. The van der Waals surface area contributed by atoms with Crippen molar-refractivity contribution in [3.05, 3.63) is 65.2 Å². The highest BCUT2D eigenvalue weighted by Gasteiger charge is 2.16. The van der Waals surface area contributed by atoms with Gasteiger partial charge in [0.25, 0.3) is 0 Å². The van der Waals surface area contributed by atoms with Crippen molar-refractivity contribution in [1.82, 2.24) is 10.6 Å². The van der Waals surface area contributed by atoms with Crippen LogP contribution in [0.3, 0.4) is 0 Å². The molecule has 7 heteroatoms. The summed E-state index contributed by atoms with van der Waals surface area (Å²) < 4.78 is 5.14. The Morgan fingerprint density at radius 1 is 0.935 bits per heavy atom. The summed E-state index contributed by atoms with van der Waals surface area (Å²) in [6.07, 6.45) is -0.156. The van der Waals surface area contributed by atoms with Crippen molar-refractivity contribution in [2.24, 2.45) is 0 Å². The van der Waals surface area contributed by atoms with Gasteiger partial charge in [0.1, 0.15) is 5.60 Å². The zero-order valence-electron chi connectivity index (χ0n) is 18.6. The van der Waals surface area contributed by atoms with E-state index in [0.29, 0.717) is 18.7 Å². The number of anilines is 1. The van der Waals surface area contributed by atoms with Crippen LogP contribution in [0, 0.1) is 6.92 Å². The summed E-state index contributed by atoms with van der Waals surface area (Å²) in [6.45, 7) is 7.78. The molecule has 0 bridgehead atoms. The Bertz CT molecular complexity index is 919. The molecule has 7 nitrogen and oxygen atoms in total. The Morgan fingerprint density at radius 3 is 2.39 bits per heavy atom. The largest absolute Gasteiger partial charge is 0.444 e. The third-order valence-electron chi connectivity index (χ3n) is 4.23. The average Bonchev–Trinajstić information content (AvgIpc) is 2.66. The van der Waals surface area contributed by atoms with Crippen LogP contribution in [0.2, 0.25) is 0 Å². The summed E-state index contributed by atoms with van der Waals surface area (Å²) >= 11 is 0. The number of nitrogens with one attached hydrogen (secondary N) is 3. The van der Waals surface area contributed by atoms with Crippen LogP contribution in [0.1, 0.15) is 43.9 Å².